The van der Waals surface area contributed by atoms with Crippen LogP contribution in [0.15, 0.2) is 54.6 Å². The highest BCUT2D eigenvalue weighted by molar-refractivity contribution is 7.92. The maximum absolute atomic E-state index is 14.9. The van der Waals surface area contributed by atoms with Gasteiger partial charge in [0.2, 0.25) is 10.0 Å². The summed E-state index contributed by atoms with van der Waals surface area (Å²) in [7, 11) is 1.11. The number of rotatable bonds is 12. The molecule has 48 heavy (non-hydrogen) atoms. The van der Waals surface area contributed by atoms with Gasteiger partial charge in [0.25, 0.3) is 11.6 Å². The highest BCUT2D eigenvalue weighted by atomic mass is 32.2. The van der Waals surface area contributed by atoms with Crippen molar-refractivity contribution in [1.82, 2.24) is 15.1 Å². The van der Waals surface area contributed by atoms with E-state index in [0.29, 0.717) is 16.0 Å². The summed E-state index contributed by atoms with van der Waals surface area (Å²) in [6.45, 7) is 0.933. The summed E-state index contributed by atoms with van der Waals surface area (Å²) < 4.78 is 59.8. The number of carbonyl (C=O) groups is 2. The van der Waals surface area contributed by atoms with Crippen molar-refractivity contribution in [2.75, 3.05) is 48.5 Å². The zero-order valence-electron chi connectivity index (χ0n) is 26.4. The lowest BCUT2D eigenvalue weighted by molar-refractivity contribution is -0.384. The van der Waals surface area contributed by atoms with Gasteiger partial charge >= 0.3 is 6.09 Å². The van der Waals surface area contributed by atoms with Crippen LogP contribution in [-0.2, 0) is 27.8 Å². The smallest absolute Gasteiger partial charge is 0.415 e. The van der Waals surface area contributed by atoms with Gasteiger partial charge in [0, 0.05) is 36.2 Å². The number of nitrogens with one attached hydrogen (secondary N) is 1. The molecular formula is C30H31F2N7O7S2. The molecule has 254 valence electrons. The third kappa shape index (κ3) is 8.07. The van der Waals surface area contributed by atoms with Gasteiger partial charge in [-0.1, -0.05) is 6.07 Å². The summed E-state index contributed by atoms with van der Waals surface area (Å²) in [5.74, 6) is -2.72. The Morgan fingerprint density at radius 1 is 0.979 bits per heavy atom. The van der Waals surface area contributed by atoms with E-state index in [4.69, 9.17) is 4.74 Å². The first kappa shape index (κ1) is 35.8. The van der Waals surface area contributed by atoms with Crippen molar-refractivity contribution in [1.29, 1.82) is 0 Å². The van der Waals surface area contributed by atoms with Crippen molar-refractivity contribution >= 4 is 55.7 Å². The first-order chi connectivity index (χ1) is 22.6. The van der Waals surface area contributed by atoms with Gasteiger partial charge in [-0.05, 0) is 68.5 Å². The summed E-state index contributed by atoms with van der Waals surface area (Å²) in [6, 6.07) is 11.5. The van der Waals surface area contributed by atoms with E-state index < -0.39 is 50.7 Å². The molecule has 4 rings (SSSR count). The SMILES string of the molecule is CCOC(=O)N(Cc1c(F)cccc1F)c1sc(-c2ccc([N+](=O)[O-])cc2)c(CN(C)C)c1C(=O)Nc1ccc(N(C)S(C)(=O)=O)nn1. The van der Waals surface area contributed by atoms with Crippen LogP contribution in [0.1, 0.15) is 28.4 Å². The Hall–Kier alpha value is -5.07. The Morgan fingerprint density at radius 2 is 1.62 bits per heavy atom. The molecule has 0 aliphatic heterocycles. The number of non-ortho nitro benzene ring substituents is 1. The van der Waals surface area contributed by atoms with Gasteiger partial charge in [0.05, 0.1) is 29.9 Å². The minimum atomic E-state index is -3.64. The quantitative estimate of drug-likeness (QED) is 0.152. The molecule has 0 atom stereocenters. The molecule has 0 saturated heterocycles. The largest absolute Gasteiger partial charge is 0.449 e. The fourth-order valence-corrected chi connectivity index (χ4v) is 6.22. The monoisotopic (exact) mass is 703 g/mol. The number of thiophene rings is 1. The number of hydrogen-bond acceptors (Lipinski definition) is 11. The first-order valence-electron chi connectivity index (χ1n) is 14.1. The van der Waals surface area contributed by atoms with Crippen molar-refractivity contribution in [3.63, 3.8) is 0 Å². The van der Waals surface area contributed by atoms with Crippen LogP contribution in [0, 0.1) is 21.7 Å². The van der Waals surface area contributed by atoms with Gasteiger partial charge in [-0.15, -0.1) is 21.5 Å². The topological polar surface area (TPSA) is 168 Å². The standard InChI is InChI=1S/C30H31F2N7O7S2/c1-6-46-30(41)38(17-20-22(31)8-7-9-23(20)32)29-26(28(40)33-24-14-15-25(35-34-24)37(4)48(5,44)45)21(16-36(2)3)27(47-29)18-10-12-19(13-11-18)39(42)43/h7-15H,6,16-17H2,1-5H3,(H,33,34,40). The van der Waals surface area contributed by atoms with Crippen LogP contribution in [0.5, 0.6) is 0 Å². The lowest BCUT2D eigenvalue weighted by Crippen LogP contribution is -2.33. The number of anilines is 3. The number of sulfonamides is 1. The number of aromatic nitrogens is 2. The Balaban J connectivity index is 1.93. The van der Waals surface area contributed by atoms with Crippen LogP contribution in [0.25, 0.3) is 10.4 Å². The summed E-state index contributed by atoms with van der Waals surface area (Å²) >= 11 is 0.950. The Labute approximate surface area is 278 Å². The summed E-state index contributed by atoms with van der Waals surface area (Å²) in [5, 5.41) is 21.7. The fraction of sp³-hybridized carbons (Fsp3) is 0.267. The van der Waals surface area contributed by atoms with Crippen LogP contribution in [0.2, 0.25) is 0 Å². The summed E-state index contributed by atoms with van der Waals surface area (Å²) in [6.07, 6.45) is -0.00482. The van der Waals surface area contributed by atoms with E-state index in [9.17, 15) is 36.9 Å². The number of carbonyl (C=O) groups excluding carboxylic acids is 2. The molecule has 2 heterocycles. The van der Waals surface area contributed by atoms with Crippen LogP contribution in [0.3, 0.4) is 0 Å². The van der Waals surface area contributed by atoms with Gasteiger partial charge in [0.15, 0.2) is 11.6 Å². The highest BCUT2D eigenvalue weighted by Gasteiger charge is 2.33. The van der Waals surface area contributed by atoms with Gasteiger partial charge < -0.3 is 15.0 Å². The third-order valence-electron chi connectivity index (χ3n) is 6.85. The highest BCUT2D eigenvalue weighted by Crippen LogP contribution is 2.44. The van der Waals surface area contributed by atoms with Gasteiger partial charge in [-0.25, -0.2) is 22.0 Å². The third-order valence-corrected chi connectivity index (χ3v) is 9.34. The van der Waals surface area contributed by atoms with E-state index in [1.54, 1.807) is 25.9 Å². The molecule has 0 spiro atoms. The maximum atomic E-state index is 14.9. The van der Waals surface area contributed by atoms with E-state index in [2.05, 4.69) is 15.5 Å². The molecule has 0 aliphatic carbocycles. The van der Waals surface area contributed by atoms with Crippen LogP contribution < -0.4 is 14.5 Å². The number of amides is 2. The second-order valence-electron chi connectivity index (χ2n) is 10.6. The molecule has 0 radical (unpaired) electrons. The molecule has 18 heteroatoms. The number of hydrogen-bond donors (Lipinski definition) is 1. The lowest BCUT2D eigenvalue weighted by atomic mass is 10.0. The minimum Gasteiger partial charge on any atom is -0.449 e. The Morgan fingerprint density at radius 3 is 2.15 bits per heavy atom. The molecule has 14 nitrogen and oxygen atoms in total. The van der Waals surface area contributed by atoms with Crippen LogP contribution in [-0.4, -0.2) is 74.4 Å². The number of benzene rings is 2. The van der Waals surface area contributed by atoms with Gasteiger partial charge in [-0.3, -0.25) is 24.1 Å². The van der Waals surface area contributed by atoms with Crippen molar-refractivity contribution in [2.45, 2.75) is 20.0 Å². The Bertz CT molecular complexity index is 1920. The number of ether oxygens (including phenoxy) is 1. The summed E-state index contributed by atoms with van der Waals surface area (Å²) in [4.78, 5) is 41.5. The number of halogens is 2. The van der Waals surface area contributed by atoms with E-state index in [-0.39, 0.29) is 41.0 Å². The van der Waals surface area contributed by atoms with Crippen LogP contribution >= 0.6 is 11.3 Å². The van der Waals surface area contributed by atoms with E-state index in [0.717, 1.165) is 38.9 Å². The Kier molecular flexibility index (Phi) is 11.0. The normalized spacial score (nSPS) is 11.3. The molecule has 0 saturated carbocycles. The molecule has 2 amide bonds. The molecule has 0 fully saturated rings. The minimum absolute atomic E-state index is 0.0131. The van der Waals surface area contributed by atoms with Crippen LogP contribution in [0.4, 0.5) is 35.9 Å². The maximum Gasteiger partial charge on any atom is 0.415 e. The average molecular weight is 704 g/mol. The molecule has 0 aliphatic rings. The summed E-state index contributed by atoms with van der Waals surface area (Å²) in [5.41, 5.74) is 0.167. The number of nitro groups is 1. The van der Waals surface area contributed by atoms with E-state index >= 15 is 0 Å². The molecule has 2 aromatic heterocycles. The predicted molar refractivity (Wildman–Crippen MR) is 177 cm³/mol. The molecule has 0 bridgehead atoms. The molecular weight excluding hydrogens is 673 g/mol. The van der Waals surface area contributed by atoms with Gasteiger partial charge in [-0.2, -0.15) is 0 Å². The van der Waals surface area contributed by atoms with E-state index in [1.807, 2.05) is 0 Å². The predicted octanol–water partition coefficient (Wildman–Crippen LogP) is 5.26. The zero-order chi connectivity index (χ0) is 35.3. The second-order valence-corrected chi connectivity index (χ2v) is 13.6. The second kappa shape index (κ2) is 14.8. The number of nitro benzene ring substituents is 1. The number of nitrogens with zero attached hydrogens (tertiary/aromatic N) is 6. The average Bonchev–Trinajstić information content (AvgIpc) is 3.38. The van der Waals surface area contributed by atoms with Crippen molar-refractivity contribution in [3.05, 3.63) is 93.0 Å². The molecule has 0 unspecified atom stereocenters. The molecule has 1 N–H and O–H groups in total. The van der Waals surface area contributed by atoms with Crippen molar-refractivity contribution in [2.24, 2.45) is 0 Å². The van der Waals surface area contributed by atoms with Crippen molar-refractivity contribution in [3.8, 4) is 10.4 Å². The first-order valence-corrected chi connectivity index (χ1v) is 16.8. The molecule has 4 aromatic rings. The lowest BCUT2D eigenvalue weighted by Gasteiger charge is -2.23. The van der Waals surface area contributed by atoms with E-state index in [1.165, 1.54) is 49.5 Å². The molecule has 2 aromatic carbocycles. The van der Waals surface area contributed by atoms with Gasteiger partial charge in [0.1, 0.15) is 16.6 Å². The zero-order valence-corrected chi connectivity index (χ0v) is 28.1. The fourth-order valence-electron chi connectivity index (χ4n) is 4.48. The van der Waals surface area contributed by atoms with Crippen molar-refractivity contribution < 1.29 is 36.4 Å².